The van der Waals surface area contributed by atoms with Crippen molar-refractivity contribution < 1.29 is 22.1 Å². The van der Waals surface area contributed by atoms with E-state index >= 15 is 0 Å². The highest BCUT2D eigenvalue weighted by Crippen LogP contribution is 2.32. The van der Waals surface area contributed by atoms with Crippen molar-refractivity contribution in [2.45, 2.75) is 18.2 Å². The Labute approximate surface area is 141 Å². The molecular formula is C18H16O5S. The zero-order chi connectivity index (χ0) is 17.0. The Morgan fingerprint density at radius 1 is 1.04 bits per heavy atom. The van der Waals surface area contributed by atoms with E-state index in [-0.39, 0.29) is 18.3 Å². The van der Waals surface area contributed by atoms with Gasteiger partial charge in [0.25, 0.3) is 10.1 Å². The molecule has 2 aromatic carbocycles. The van der Waals surface area contributed by atoms with Crippen LogP contribution in [-0.4, -0.2) is 21.8 Å². The molecule has 1 aliphatic rings. The highest BCUT2D eigenvalue weighted by atomic mass is 32.2. The minimum absolute atomic E-state index is 0.130. The van der Waals surface area contributed by atoms with Crippen LogP contribution in [-0.2, 0) is 20.7 Å². The van der Waals surface area contributed by atoms with E-state index in [1.165, 1.54) is 12.1 Å². The summed E-state index contributed by atoms with van der Waals surface area (Å²) >= 11 is 0. The molecule has 0 aliphatic carbocycles. The van der Waals surface area contributed by atoms with E-state index in [0.717, 1.165) is 16.9 Å². The molecule has 0 saturated carbocycles. The van der Waals surface area contributed by atoms with Gasteiger partial charge in [0, 0.05) is 6.42 Å². The second kappa shape index (κ2) is 6.95. The summed E-state index contributed by atoms with van der Waals surface area (Å²) in [5.74, 6) is 7.03. The van der Waals surface area contributed by atoms with E-state index < -0.39 is 10.1 Å². The summed E-state index contributed by atoms with van der Waals surface area (Å²) in [7, 11) is -3.77. The molecule has 24 heavy (non-hydrogen) atoms. The van der Waals surface area contributed by atoms with Gasteiger partial charge in [0.1, 0.15) is 6.61 Å². The van der Waals surface area contributed by atoms with Gasteiger partial charge < -0.3 is 9.47 Å². The minimum atomic E-state index is -3.77. The van der Waals surface area contributed by atoms with Gasteiger partial charge in [0.2, 0.25) is 6.79 Å². The lowest BCUT2D eigenvalue weighted by Gasteiger charge is -2.02. The van der Waals surface area contributed by atoms with E-state index in [0.29, 0.717) is 12.2 Å². The molecule has 0 bridgehead atoms. The predicted octanol–water partition coefficient (Wildman–Crippen LogP) is 2.68. The van der Waals surface area contributed by atoms with Crippen LogP contribution in [0.4, 0.5) is 0 Å². The van der Waals surface area contributed by atoms with Crippen molar-refractivity contribution in [2.24, 2.45) is 0 Å². The van der Waals surface area contributed by atoms with Crippen molar-refractivity contribution in [2.75, 3.05) is 13.4 Å². The molecule has 0 atom stereocenters. The standard InChI is InChI=1S/C18H16O5S/c1-14-5-8-16(9-6-14)24(19,20)23-11-3-2-4-15-7-10-17-18(12-15)22-13-21-17/h5-10,12H,4,11,13H2,1H3. The molecule has 0 spiro atoms. The van der Waals surface area contributed by atoms with Gasteiger partial charge in [-0.1, -0.05) is 35.6 Å². The molecule has 1 aliphatic heterocycles. The third kappa shape index (κ3) is 3.88. The lowest BCUT2D eigenvalue weighted by atomic mass is 10.1. The first kappa shape index (κ1) is 16.4. The maximum absolute atomic E-state index is 12.0. The molecule has 0 unspecified atom stereocenters. The fourth-order valence-corrected chi connectivity index (χ4v) is 2.97. The fourth-order valence-electron chi connectivity index (χ4n) is 2.15. The van der Waals surface area contributed by atoms with Crippen LogP contribution in [0.3, 0.4) is 0 Å². The topological polar surface area (TPSA) is 61.8 Å². The second-order valence-electron chi connectivity index (χ2n) is 5.25. The summed E-state index contributed by atoms with van der Waals surface area (Å²) in [6.45, 7) is 1.94. The first-order valence-corrected chi connectivity index (χ1v) is 8.76. The highest BCUT2D eigenvalue weighted by Gasteiger charge is 2.14. The Balaban J connectivity index is 1.55. The number of fused-ring (bicyclic) bond motifs is 1. The van der Waals surface area contributed by atoms with Crippen LogP contribution in [0.5, 0.6) is 11.5 Å². The number of benzene rings is 2. The lowest BCUT2D eigenvalue weighted by molar-refractivity contribution is 0.174. The summed E-state index contributed by atoms with van der Waals surface area (Å²) in [5.41, 5.74) is 1.95. The summed E-state index contributed by atoms with van der Waals surface area (Å²) in [5, 5.41) is 0. The van der Waals surface area contributed by atoms with Crippen molar-refractivity contribution in [3.8, 4) is 23.3 Å². The van der Waals surface area contributed by atoms with Crippen molar-refractivity contribution in [3.63, 3.8) is 0 Å². The zero-order valence-electron chi connectivity index (χ0n) is 13.1. The summed E-state index contributed by atoms with van der Waals surface area (Å²) in [6.07, 6.45) is 0.477. The third-order valence-corrected chi connectivity index (χ3v) is 4.73. The van der Waals surface area contributed by atoms with Crippen LogP contribution in [0.1, 0.15) is 11.1 Å². The van der Waals surface area contributed by atoms with E-state index in [9.17, 15) is 8.42 Å². The van der Waals surface area contributed by atoms with Crippen LogP contribution in [0, 0.1) is 18.8 Å². The molecule has 2 aromatic rings. The predicted molar refractivity (Wildman–Crippen MR) is 88.4 cm³/mol. The Bertz CT molecular complexity index is 889. The van der Waals surface area contributed by atoms with Gasteiger partial charge in [0.15, 0.2) is 11.5 Å². The smallest absolute Gasteiger partial charge is 0.297 e. The van der Waals surface area contributed by atoms with Gasteiger partial charge in [-0.2, -0.15) is 8.42 Å². The number of aryl methyl sites for hydroxylation is 1. The molecule has 124 valence electrons. The van der Waals surface area contributed by atoms with Gasteiger partial charge in [-0.25, -0.2) is 0 Å². The summed E-state index contributed by atoms with van der Waals surface area (Å²) < 4.78 is 39.4. The van der Waals surface area contributed by atoms with Crippen LogP contribution in [0.15, 0.2) is 47.4 Å². The van der Waals surface area contributed by atoms with Crippen molar-refractivity contribution in [1.29, 1.82) is 0 Å². The maximum atomic E-state index is 12.0. The molecule has 5 nitrogen and oxygen atoms in total. The second-order valence-corrected chi connectivity index (χ2v) is 6.86. The summed E-state index contributed by atoms with van der Waals surface area (Å²) in [6, 6.07) is 12.1. The first-order valence-electron chi connectivity index (χ1n) is 7.35. The fraction of sp³-hybridized carbons (Fsp3) is 0.222. The Hall–Kier alpha value is -2.49. The number of hydrogen-bond acceptors (Lipinski definition) is 5. The number of ether oxygens (including phenoxy) is 2. The third-order valence-electron chi connectivity index (χ3n) is 3.45. The van der Waals surface area contributed by atoms with Crippen molar-refractivity contribution >= 4 is 10.1 Å². The average molecular weight is 344 g/mol. The minimum Gasteiger partial charge on any atom is -0.454 e. The Morgan fingerprint density at radius 3 is 2.58 bits per heavy atom. The van der Waals surface area contributed by atoms with Gasteiger partial charge >= 0.3 is 0 Å². The van der Waals surface area contributed by atoms with Crippen molar-refractivity contribution in [1.82, 2.24) is 0 Å². The van der Waals surface area contributed by atoms with Crippen LogP contribution < -0.4 is 9.47 Å². The van der Waals surface area contributed by atoms with E-state index in [1.807, 2.05) is 25.1 Å². The van der Waals surface area contributed by atoms with E-state index in [1.54, 1.807) is 12.1 Å². The molecule has 1 heterocycles. The molecule has 3 rings (SSSR count). The van der Waals surface area contributed by atoms with Gasteiger partial charge in [-0.3, -0.25) is 4.18 Å². The Kier molecular flexibility index (Phi) is 4.74. The SMILES string of the molecule is Cc1ccc(S(=O)(=O)OCC#CCc2ccc3c(c2)OCO3)cc1. The molecule has 0 saturated heterocycles. The number of hydrogen-bond donors (Lipinski definition) is 0. The number of rotatable bonds is 4. The molecule has 0 aromatic heterocycles. The zero-order valence-corrected chi connectivity index (χ0v) is 13.9. The lowest BCUT2D eigenvalue weighted by Crippen LogP contribution is -2.06. The monoisotopic (exact) mass is 344 g/mol. The molecule has 0 radical (unpaired) electrons. The average Bonchev–Trinajstić information content (AvgIpc) is 3.02. The normalized spacial score (nSPS) is 12.5. The van der Waals surface area contributed by atoms with Crippen LogP contribution in [0.2, 0.25) is 0 Å². The van der Waals surface area contributed by atoms with Crippen LogP contribution in [0.25, 0.3) is 0 Å². The quantitative estimate of drug-likeness (QED) is 0.630. The first-order chi connectivity index (χ1) is 11.5. The molecular weight excluding hydrogens is 328 g/mol. The van der Waals surface area contributed by atoms with Gasteiger partial charge in [0.05, 0.1) is 4.90 Å². The van der Waals surface area contributed by atoms with Gasteiger partial charge in [-0.05, 0) is 36.8 Å². The highest BCUT2D eigenvalue weighted by molar-refractivity contribution is 7.86. The molecule has 6 heteroatoms. The molecule has 0 amide bonds. The van der Waals surface area contributed by atoms with Gasteiger partial charge in [-0.15, -0.1) is 0 Å². The van der Waals surface area contributed by atoms with Crippen LogP contribution >= 0.6 is 0 Å². The molecule has 0 fully saturated rings. The van der Waals surface area contributed by atoms with Crippen molar-refractivity contribution in [3.05, 3.63) is 53.6 Å². The maximum Gasteiger partial charge on any atom is 0.297 e. The van der Waals surface area contributed by atoms with E-state index in [2.05, 4.69) is 11.8 Å². The largest absolute Gasteiger partial charge is 0.454 e. The Morgan fingerprint density at radius 2 is 1.79 bits per heavy atom. The summed E-state index contributed by atoms with van der Waals surface area (Å²) in [4.78, 5) is 0.130. The van der Waals surface area contributed by atoms with E-state index in [4.69, 9.17) is 13.7 Å². The molecule has 0 N–H and O–H groups in total.